The average Bonchev–Trinajstić information content (AvgIpc) is 3.30. The van der Waals surface area contributed by atoms with Crippen molar-refractivity contribution in [3.05, 3.63) is 76.4 Å². The third-order valence-electron chi connectivity index (χ3n) is 5.79. The number of nitrogens with one attached hydrogen (secondary N) is 1. The minimum Gasteiger partial charge on any atom is -0.497 e. The summed E-state index contributed by atoms with van der Waals surface area (Å²) in [5, 5.41) is 4.95. The van der Waals surface area contributed by atoms with Crippen molar-refractivity contribution in [2.75, 3.05) is 33.3 Å². The van der Waals surface area contributed by atoms with Crippen LogP contribution in [0.15, 0.2) is 71.0 Å². The zero-order chi connectivity index (χ0) is 25.1. The van der Waals surface area contributed by atoms with Gasteiger partial charge < -0.3 is 28.8 Å². The number of rotatable bonds is 7. The number of thiazole rings is 1. The molecule has 1 amide bonds. The lowest BCUT2D eigenvalue weighted by molar-refractivity contribution is -0.118. The highest BCUT2D eigenvalue weighted by Crippen LogP contribution is 2.34. The normalized spacial score (nSPS) is 13.0. The molecule has 36 heavy (non-hydrogen) atoms. The highest BCUT2D eigenvalue weighted by molar-refractivity contribution is 7.07. The van der Waals surface area contributed by atoms with E-state index in [1.807, 2.05) is 60.7 Å². The molecule has 1 aliphatic rings. The molecule has 1 aliphatic heterocycles. The molecule has 2 heterocycles. The van der Waals surface area contributed by atoms with Gasteiger partial charge in [0.25, 0.3) is 5.91 Å². The Morgan fingerprint density at radius 2 is 1.78 bits per heavy atom. The van der Waals surface area contributed by atoms with Crippen molar-refractivity contribution in [3.63, 3.8) is 0 Å². The highest BCUT2D eigenvalue weighted by Gasteiger charge is 2.18. The Morgan fingerprint density at radius 1 is 0.972 bits per heavy atom. The number of nitrogens with zero attached hydrogens (tertiary/aromatic N) is 2. The molecular weight excluding hydrogens is 478 g/mol. The molecule has 8 nitrogen and oxygen atoms in total. The van der Waals surface area contributed by atoms with Gasteiger partial charge in [-0.15, -0.1) is 11.3 Å². The van der Waals surface area contributed by atoms with Crippen molar-refractivity contribution in [2.24, 2.45) is 4.99 Å². The van der Waals surface area contributed by atoms with E-state index in [4.69, 9.17) is 23.9 Å². The number of aromatic nitrogens is 1. The molecular formula is C27H25N3O5S. The number of ether oxygens (including phenoxy) is 4. The molecule has 1 aromatic heterocycles. The molecule has 0 unspecified atom stereocenters. The standard InChI is InChI=1S/C27H25N3O5S/c1-32-20-8-6-19(7-9-20)28-27-30(14-17-4-10-24(33-2)25(12-17)34-3)22(16-36-27)18-5-11-23-21(13-18)29-26(31)15-35-23/h4-13,16H,14-15H2,1-3H3,(H,29,31). The SMILES string of the molecule is COc1ccc(N=c2scc(-c3ccc4c(c3)NC(=O)CO4)n2Cc2ccc(OC)c(OC)c2)cc1. The minimum atomic E-state index is -0.168. The molecule has 0 saturated carbocycles. The first-order valence-corrected chi connectivity index (χ1v) is 12.1. The van der Waals surface area contributed by atoms with Crippen LogP contribution in [0.4, 0.5) is 11.4 Å². The van der Waals surface area contributed by atoms with Crippen LogP contribution >= 0.6 is 11.3 Å². The van der Waals surface area contributed by atoms with Crippen LogP contribution < -0.4 is 29.1 Å². The molecule has 184 valence electrons. The van der Waals surface area contributed by atoms with Gasteiger partial charge in [-0.3, -0.25) is 4.79 Å². The van der Waals surface area contributed by atoms with E-state index in [0.29, 0.717) is 29.5 Å². The number of benzene rings is 3. The second kappa shape index (κ2) is 10.2. The van der Waals surface area contributed by atoms with Crippen LogP contribution in [0.2, 0.25) is 0 Å². The van der Waals surface area contributed by atoms with E-state index in [9.17, 15) is 4.79 Å². The van der Waals surface area contributed by atoms with Crippen LogP contribution in [0.3, 0.4) is 0 Å². The maximum Gasteiger partial charge on any atom is 0.262 e. The van der Waals surface area contributed by atoms with E-state index in [1.165, 1.54) is 0 Å². The fraction of sp³-hybridized carbons (Fsp3) is 0.185. The summed E-state index contributed by atoms with van der Waals surface area (Å²) in [6, 6.07) is 19.3. The number of carbonyl (C=O) groups is 1. The van der Waals surface area contributed by atoms with Crippen molar-refractivity contribution in [1.82, 2.24) is 4.57 Å². The molecule has 0 saturated heterocycles. The molecule has 4 aromatic rings. The van der Waals surface area contributed by atoms with Gasteiger partial charge in [0, 0.05) is 10.9 Å². The van der Waals surface area contributed by atoms with Gasteiger partial charge in [-0.1, -0.05) is 6.07 Å². The second-order valence-corrected chi connectivity index (χ2v) is 8.87. The summed E-state index contributed by atoms with van der Waals surface area (Å²) in [5.41, 5.74) is 4.40. The molecule has 0 bridgehead atoms. The Bertz CT molecular complexity index is 1470. The Morgan fingerprint density at radius 3 is 2.53 bits per heavy atom. The van der Waals surface area contributed by atoms with Crippen LogP contribution in [0.5, 0.6) is 23.0 Å². The number of hydrogen-bond acceptors (Lipinski definition) is 7. The zero-order valence-corrected chi connectivity index (χ0v) is 20.9. The van der Waals surface area contributed by atoms with Crippen molar-refractivity contribution in [2.45, 2.75) is 6.54 Å². The van der Waals surface area contributed by atoms with Crippen LogP contribution in [-0.2, 0) is 11.3 Å². The maximum atomic E-state index is 11.9. The van der Waals surface area contributed by atoms with Gasteiger partial charge in [-0.25, -0.2) is 4.99 Å². The van der Waals surface area contributed by atoms with E-state index >= 15 is 0 Å². The Hall–Kier alpha value is -4.24. The van der Waals surface area contributed by atoms with E-state index in [-0.39, 0.29) is 12.5 Å². The predicted octanol–water partition coefficient (Wildman–Crippen LogP) is 4.85. The van der Waals surface area contributed by atoms with Gasteiger partial charge in [0.05, 0.1) is 44.9 Å². The zero-order valence-electron chi connectivity index (χ0n) is 20.1. The fourth-order valence-corrected chi connectivity index (χ4v) is 4.90. The molecule has 9 heteroatoms. The smallest absolute Gasteiger partial charge is 0.262 e. The van der Waals surface area contributed by atoms with Gasteiger partial charge in [-0.05, 0) is 60.2 Å². The van der Waals surface area contributed by atoms with Gasteiger partial charge in [0.2, 0.25) is 0 Å². The summed E-state index contributed by atoms with van der Waals surface area (Å²) in [4.78, 5) is 17.6. The Kier molecular flexibility index (Phi) is 6.64. The summed E-state index contributed by atoms with van der Waals surface area (Å²) < 4.78 is 23.9. The van der Waals surface area contributed by atoms with Crippen LogP contribution in [0, 0.1) is 0 Å². The van der Waals surface area contributed by atoms with E-state index in [1.54, 1.807) is 32.7 Å². The maximum absolute atomic E-state index is 11.9. The fourth-order valence-electron chi connectivity index (χ4n) is 3.97. The largest absolute Gasteiger partial charge is 0.497 e. The van der Waals surface area contributed by atoms with Gasteiger partial charge >= 0.3 is 0 Å². The summed E-state index contributed by atoms with van der Waals surface area (Å²) in [6.07, 6.45) is 0. The van der Waals surface area contributed by atoms with Crippen LogP contribution in [-0.4, -0.2) is 38.4 Å². The third-order valence-corrected chi connectivity index (χ3v) is 6.66. The molecule has 0 radical (unpaired) electrons. The van der Waals surface area contributed by atoms with E-state index < -0.39 is 0 Å². The summed E-state index contributed by atoms with van der Waals surface area (Å²) in [7, 11) is 4.88. The minimum absolute atomic E-state index is 0.0228. The molecule has 1 N–H and O–H groups in total. The van der Waals surface area contributed by atoms with Crippen molar-refractivity contribution in [3.8, 4) is 34.3 Å². The van der Waals surface area contributed by atoms with E-state index in [0.717, 1.165) is 33.1 Å². The predicted molar refractivity (Wildman–Crippen MR) is 139 cm³/mol. The Balaban J connectivity index is 1.61. The van der Waals surface area contributed by atoms with Crippen LogP contribution in [0.25, 0.3) is 11.3 Å². The first-order valence-electron chi connectivity index (χ1n) is 11.2. The third kappa shape index (κ3) is 4.78. The summed E-state index contributed by atoms with van der Waals surface area (Å²) >= 11 is 1.54. The number of carbonyl (C=O) groups excluding carboxylic acids is 1. The lowest BCUT2D eigenvalue weighted by Gasteiger charge is -2.19. The van der Waals surface area contributed by atoms with Gasteiger partial charge in [-0.2, -0.15) is 0 Å². The van der Waals surface area contributed by atoms with Gasteiger partial charge in [0.15, 0.2) is 22.9 Å². The second-order valence-electron chi connectivity index (χ2n) is 8.04. The van der Waals surface area contributed by atoms with Crippen molar-refractivity contribution in [1.29, 1.82) is 0 Å². The molecule has 5 rings (SSSR count). The highest BCUT2D eigenvalue weighted by atomic mass is 32.1. The molecule has 0 fully saturated rings. The monoisotopic (exact) mass is 503 g/mol. The molecule has 3 aromatic carbocycles. The number of methoxy groups -OCH3 is 3. The van der Waals surface area contributed by atoms with Crippen molar-refractivity contribution < 1.29 is 23.7 Å². The summed E-state index contributed by atoms with van der Waals surface area (Å²) in [5.74, 6) is 2.60. The number of amides is 1. The lowest BCUT2D eigenvalue weighted by Crippen LogP contribution is -2.25. The van der Waals surface area contributed by atoms with Gasteiger partial charge in [0.1, 0.15) is 11.5 Å². The average molecular weight is 504 g/mol. The Labute approximate surface area is 212 Å². The molecule has 0 spiro atoms. The number of hydrogen-bond donors (Lipinski definition) is 1. The lowest BCUT2D eigenvalue weighted by atomic mass is 10.1. The summed E-state index contributed by atoms with van der Waals surface area (Å²) in [6.45, 7) is 0.573. The topological polar surface area (TPSA) is 83.3 Å². The number of anilines is 1. The molecule has 0 atom stereocenters. The van der Waals surface area contributed by atoms with E-state index in [2.05, 4.69) is 15.3 Å². The first-order chi connectivity index (χ1) is 17.6. The van der Waals surface area contributed by atoms with Crippen molar-refractivity contribution >= 4 is 28.6 Å². The number of fused-ring (bicyclic) bond motifs is 1. The first kappa shape index (κ1) is 23.5. The van der Waals surface area contributed by atoms with Crippen LogP contribution in [0.1, 0.15) is 5.56 Å². The quantitative estimate of drug-likeness (QED) is 0.390. The molecule has 0 aliphatic carbocycles.